The van der Waals surface area contributed by atoms with Crippen LogP contribution in [0.3, 0.4) is 0 Å². The topological polar surface area (TPSA) is 56.7 Å². The van der Waals surface area contributed by atoms with Crippen molar-refractivity contribution < 1.29 is 4.79 Å². The van der Waals surface area contributed by atoms with E-state index >= 15 is 0 Å². The lowest BCUT2D eigenvalue weighted by Crippen LogP contribution is -2.49. The zero-order valence-corrected chi connectivity index (χ0v) is 17.2. The third-order valence-electron chi connectivity index (χ3n) is 3.39. The van der Waals surface area contributed by atoms with Gasteiger partial charge in [0.15, 0.2) is 5.96 Å². The SMILES string of the molecule is CCNC(=NCC(=O)NC(C)(C)C)N1CC(C)CC(C)C1.I. The van der Waals surface area contributed by atoms with E-state index < -0.39 is 0 Å². The predicted molar refractivity (Wildman–Crippen MR) is 104 cm³/mol. The van der Waals surface area contributed by atoms with Gasteiger partial charge in [0.25, 0.3) is 0 Å². The van der Waals surface area contributed by atoms with Gasteiger partial charge in [0, 0.05) is 25.2 Å². The quantitative estimate of drug-likeness (QED) is 0.416. The summed E-state index contributed by atoms with van der Waals surface area (Å²) in [5.41, 5.74) is -0.209. The molecular formula is C16H33IN4O. The van der Waals surface area contributed by atoms with Crippen molar-refractivity contribution in [3.63, 3.8) is 0 Å². The Hall–Kier alpha value is -0.530. The Kier molecular flexibility index (Phi) is 9.34. The van der Waals surface area contributed by atoms with Crippen molar-refractivity contribution in [3.05, 3.63) is 0 Å². The van der Waals surface area contributed by atoms with Gasteiger partial charge in [-0.3, -0.25) is 4.79 Å². The molecule has 0 saturated carbocycles. The number of carbonyl (C=O) groups excluding carboxylic acids is 1. The van der Waals surface area contributed by atoms with Gasteiger partial charge in [-0.25, -0.2) is 4.99 Å². The number of carbonyl (C=O) groups is 1. The number of nitrogens with one attached hydrogen (secondary N) is 2. The summed E-state index contributed by atoms with van der Waals surface area (Å²) in [7, 11) is 0. The Bertz CT molecular complexity index is 369. The van der Waals surface area contributed by atoms with E-state index in [2.05, 4.69) is 41.3 Å². The average molecular weight is 424 g/mol. The molecular weight excluding hydrogens is 391 g/mol. The van der Waals surface area contributed by atoms with E-state index in [1.165, 1.54) is 6.42 Å². The van der Waals surface area contributed by atoms with Crippen LogP contribution < -0.4 is 10.6 Å². The highest BCUT2D eigenvalue weighted by atomic mass is 127. The molecule has 5 nitrogen and oxygen atoms in total. The van der Waals surface area contributed by atoms with Crippen molar-refractivity contribution >= 4 is 35.8 Å². The molecule has 0 aromatic heterocycles. The number of hydrogen-bond acceptors (Lipinski definition) is 2. The van der Waals surface area contributed by atoms with E-state index in [0.29, 0.717) is 11.8 Å². The summed E-state index contributed by atoms with van der Waals surface area (Å²) in [6.45, 7) is 15.6. The lowest BCUT2D eigenvalue weighted by atomic mass is 9.92. The minimum Gasteiger partial charge on any atom is -0.357 e. The number of nitrogens with zero attached hydrogens (tertiary/aromatic N) is 2. The van der Waals surface area contributed by atoms with E-state index in [0.717, 1.165) is 25.6 Å². The molecule has 22 heavy (non-hydrogen) atoms. The molecule has 1 aliphatic rings. The third kappa shape index (κ3) is 8.19. The number of hydrogen-bond donors (Lipinski definition) is 2. The van der Waals surface area contributed by atoms with Crippen molar-refractivity contribution in [3.8, 4) is 0 Å². The molecule has 1 heterocycles. The fourth-order valence-corrected chi connectivity index (χ4v) is 2.87. The number of rotatable bonds is 3. The van der Waals surface area contributed by atoms with Crippen LogP contribution in [-0.2, 0) is 4.79 Å². The Balaban J connectivity index is 0.00000441. The highest BCUT2D eigenvalue weighted by Crippen LogP contribution is 2.20. The molecule has 0 spiro atoms. The van der Waals surface area contributed by atoms with Crippen LogP contribution in [0.1, 0.15) is 48.0 Å². The predicted octanol–water partition coefficient (Wildman–Crippen LogP) is 2.46. The number of piperidine rings is 1. The monoisotopic (exact) mass is 424 g/mol. The van der Waals surface area contributed by atoms with Crippen LogP contribution in [0, 0.1) is 11.8 Å². The highest BCUT2D eigenvalue weighted by molar-refractivity contribution is 14.0. The summed E-state index contributed by atoms with van der Waals surface area (Å²) in [5.74, 6) is 2.16. The lowest BCUT2D eigenvalue weighted by molar-refractivity contribution is -0.121. The summed E-state index contributed by atoms with van der Waals surface area (Å²) >= 11 is 0. The van der Waals surface area contributed by atoms with Crippen LogP contribution in [0.15, 0.2) is 4.99 Å². The molecule has 0 aliphatic carbocycles. The van der Waals surface area contributed by atoms with Gasteiger partial charge in [-0.05, 0) is 46.0 Å². The highest BCUT2D eigenvalue weighted by Gasteiger charge is 2.24. The maximum atomic E-state index is 11.9. The van der Waals surface area contributed by atoms with Gasteiger partial charge in [-0.1, -0.05) is 13.8 Å². The standard InChI is InChI=1S/C16H32N4O.HI/c1-7-17-15(18-9-14(21)19-16(4,5)6)20-10-12(2)8-13(3)11-20;/h12-13H,7-11H2,1-6H3,(H,17,18)(H,19,21);1H. The van der Waals surface area contributed by atoms with Gasteiger partial charge < -0.3 is 15.5 Å². The van der Waals surface area contributed by atoms with E-state index in [1.54, 1.807) is 0 Å². The van der Waals surface area contributed by atoms with Gasteiger partial charge in [-0.15, -0.1) is 24.0 Å². The molecule has 0 radical (unpaired) electrons. The van der Waals surface area contributed by atoms with E-state index in [-0.39, 0.29) is 42.0 Å². The summed E-state index contributed by atoms with van der Waals surface area (Å²) < 4.78 is 0. The summed E-state index contributed by atoms with van der Waals surface area (Å²) in [6.07, 6.45) is 1.26. The lowest BCUT2D eigenvalue weighted by Gasteiger charge is -2.37. The second-order valence-electron chi connectivity index (χ2n) is 7.32. The van der Waals surface area contributed by atoms with Crippen molar-refractivity contribution in [2.45, 2.75) is 53.5 Å². The van der Waals surface area contributed by atoms with Crippen LogP contribution in [0.5, 0.6) is 0 Å². The Labute approximate surface area is 152 Å². The van der Waals surface area contributed by atoms with Crippen molar-refractivity contribution in [1.82, 2.24) is 15.5 Å². The second-order valence-corrected chi connectivity index (χ2v) is 7.32. The first kappa shape index (κ1) is 21.5. The van der Waals surface area contributed by atoms with Gasteiger partial charge in [0.1, 0.15) is 6.54 Å². The van der Waals surface area contributed by atoms with E-state index in [9.17, 15) is 4.79 Å². The number of guanidine groups is 1. The zero-order chi connectivity index (χ0) is 16.0. The normalized spacial score (nSPS) is 22.8. The molecule has 0 aromatic rings. The molecule has 0 aromatic carbocycles. The number of halogens is 1. The third-order valence-corrected chi connectivity index (χ3v) is 3.39. The van der Waals surface area contributed by atoms with Crippen LogP contribution in [0.25, 0.3) is 0 Å². The number of likely N-dealkylation sites (tertiary alicyclic amines) is 1. The molecule has 0 bridgehead atoms. The molecule has 1 saturated heterocycles. The molecule has 1 aliphatic heterocycles. The Morgan fingerprint density at radius 1 is 1.23 bits per heavy atom. The van der Waals surface area contributed by atoms with E-state index in [1.807, 2.05) is 20.8 Å². The van der Waals surface area contributed by atoms with E-state index in [4.69, 9.17) is 0 Å². The molecule has 1 rings (SSSR count). The largest absolute Gasteiger partial charge is 0.357 e. The Morgan fingerprint density at radius 3 is 2.23 bits per heavy atom. The average Bonchev–Trinajstić information content (AvgIpc) is 2.30. The molecule has 2 unspecified atom stereocenters. The zero-order valence-electron chi connectivity index (χ0n) is 14.9. The second kappa shape index (κ2) is 9.57. The number of amides is 1. The summed E-state index contributed by atoms with van der Waals surface area (Å²) in [5, 5.41) is 6.25. The first-order valence-corrected chi connectivity index (χ1v) is 8.05. The van der Waals surface area contributed by atoms with Gasteiger partial charge in [0.05, 0.1) is 0 Å². The minimum absolute atomic E-state index is 0. The minimum atomic E-state index is -0.209. The van der Waals surface area contributed by atoms with Crippen molar-refractivity contribution in [2.75, 3.05) is 26.2 Å². The van der Waals surface area contributed by atoms with Gasteiger partial charge >= 0.3 is 0 Å². The van der Waals surface area contributed by atoms with Crippen LogP contribution in [0.2, 0.25) is 0 Å². The molecule has 130 valence electrons. The van der Waals surface area contributed by atoms with Crippen molar-refractivity contribution in [2.24, 2.45) is 16.8 Å². The fourth-order valence-electron chi connectivity index (χ4n) is 2.87. The van der Waals surface area contributed by atoms with Crippen LogP contribution in [-0.4, -0.2) is 48.5 Å². The summed E-state index contributed by atoms with van der Waals surface area (Å²) in [4.78, 5) is 18.7. The maximum absolute atomic E-state index is 11.9. The van der Waals surface area contributed by atoms with Crippen molar-refractivity contribution in [1.29, 1.82) is 0 Å². The molecule has 6 heteroatoms. The summed E-state index contributed by atoms with van der Waals surface area (Å²) in [6, 6.07) is 0. The van der Waals surface area contributed by atoms with Gasteiger partial charge in [0.2, 0.25) is 5.91 Å². The Morgan fingerprint density at radius 2 is 1.77 bits per heavy atom. The van der Waals surface area contributed by atoms with Crippen LogP contribution in [0.4, 0.5) is 0 Å². The molecule has 2 atom stereocenters. The molecule has 1 fully saturated rings. The molecule has 1 amide bonds. The fraction of sp³-hybridized carbons (Fsp3) is 0.875. The first-order chi connectivity index (χ1) is 9.71. The molecule has 2 N–H and O–H groups in total. The first-order valence-electron chi connectivity index (χ1n) is 8.05. The maximum Gasteiger partial charge on any atom is 0.242 e. The van der Waals surface area contributed by atoms with Crippen LogP contribution >= 0.6 is 24.0 Å². The van der Waals surface area contributed by atoms with Gasteiger partial charge in [-0.2, -0.15) is 0 Å². The smallest absolute Gasteiger partial charge is 0.242 e. The number of aliphatic imine (C=N–C) groups is 1.